The zero-order valence-corrected chi connectivity index (χ0v) is 12.8. The van der Waals surface area contributed by atoms with Crippen molar-refractivity contribution in [2.24, 2.45) is 0 Å². The second kappa shape index (κ2) is 5.41. The Morgan fingerprint density at radius 1 is 1.29 bits per heavy atom. The first kappa shape index (κ1) is 14.0. The Kier molecular flexibility index (Phi) is 3.60. The Hall–Kier alpha value is -2.00. The number of carbonyl (C=O) groups is 1. The number of hydrogen-bond acceptors (Lipinski definition) is 1. The van der Waals surface area contributed by atoms with E-state index >= 15 is 0 Å². The molecule has 1 aliphatic rings. The highest BCUT2D eigenvalue weighted by Gasteiger charge is 2.30. The van der Waals surface area contributed by atoms with E-state index in [1.54, 1.807) is 6.07 Å². The van der Waals surface area contributed by atoms with Gasteiger partial charge in [0.25, 0.3) is 0 Å². The predicted molar refractivity (Wildman–Crippen MR) is 87.3 cm³/mol. The number of fused-ring (bicyclic) bond motifs is 1. The second-order valence-electron chi connectivity index (χ2n) is 5.44. The molecule has 3 rings (SSSR count). The van der Waals surface area contributed by atoms with Crippen molar-refractivity contribution < 1.29 is 4.79 Å². The van der Waals surface area contributed by atoms with Crippen LogP contribution in [0.3, 0.4) is 0 Å². The number of nitrogens with one attached hydrogen (secondary N) is 1. The fourth-order valence-corrected chi connectivity index (χ4v) is 3.04. The summed E-state index contributed by atoms with van der Waals surface area (Å²) in [5.41, 5.74) is 3.96. The number of aryl methyl sites for hydroxylation is 1. The van der Waals surface area contributed by atoms with E-state index < -0.39 is 0 Å². The maximum absolute atomic E-state index is 12.6. The molecule has 3 nitrogen and oxygen atoms in total. The molecule has 2 amide bonds. The summed E-state index contributed by atoms with van der Waals surface area (Å²) >= 11 is 5.95. The van der Waals surface area contributed by atoms with Crippen molar-refractivity contribution in [2.45, 2.75) is 26.3 Å². The summed E-state index contributed by atoms with van der Waals surface area (Å²) in [7, 11) is 0. The van der Waals surface area contributed by atoms with Gasteiger partial charge in [0.1, 0.15) is 0 Å². The molecule has 1 aliphatic heterocycles. The van der Waals surface area contributed by atoms with E-state index in [2.05, 4.69) is 18.3 Å². The fraction of sp³-hybridized carbons (Fsp3) is 0.235. The van der Waals surface area contributed by atoms with Gasteiger partial charge in [-0.05, 0) is 55.7 Å². The van der Waals surface area contributed by atoms with Crippen LogP contribution < -0.4 is 10.2 Å². The molecule has 108 valence electrons. The normalized spacial score (nSPS) is 16.7. The molecule has 1 atom stereocenters. The molecule has 0 saturated carbocycles. The Bertz CT molecular complexity index is 699. The molecule has 2 aromatic carbocycles. The van der Waals surface area contributed by atoms with Crippen LogP contribution >= 0.6 is 11.6 Å². The summed E-state index contributed by atoms with van der Waals surface area (Å²) in [6.45, 7) is 4.00. The number of rotatable bonds is 1. The van der Waals surface area contributed by atoms with Gasteiger partial charge in [-0.25, -0.2) is 4.79 Å². The van der Waals surface area contributed by atoms with Gasteiger partial charge in [0, 0.05) is 22.4 Å². The van der Waals surface area contributed by atoms with Crippen LogP contribution in [-0.2, 0) is 6.42 Å². The zero-order valence-electron chi connectivity index (χ0n) is 12.1. The van der Waals surface area contributed by atoms with Crippen LogP contribution in [0.5, 0.6) is 0 Å². The van der Waals surface area contributed by atoms with Gasteiger partial charge in [0.15, 0.2) is 0 Å². The molecule has 1 unspecified atom stereocenters. The Morgan fingerprint density at radius 2 is 2.05 bits per heavy atom. The number of halogens is 1. The lowest BCUT2D eigenvalue weighted by Crippen LogP contribution is -2.39. The Labute approximate surface area is 129 Å². The average Bonchev–Trinajstić information content (AvgIpc) is 2.77. The first-order chi connectivity index (χ1) is 10.1. The third-order valence-electron chi connectivity index (χ3n) is 3.86. The van der Waals surface area contributed by atoms with Crippen LogP contribution in [0.15, 0.2) is 42.5 Å². The SMILES string of the molecule is Cc1cc(Cl)ccc1NC(=O)N1c2ccccc2CC1C. The van der Waals surface area contributed by atoms with Crippen LogP contribution in [0.25, 0.3) is 0 Å². The lowest BCUT2D eigenvalue weighted by Gasteiger charge is -2.23. The molecular formula is C17H17ClN2O. The van der Waals surface area contributed by atoms with Crippen LogP contribution in [-0.4, -0.2) is 12.1 Å². The maximum Gasteiger partial charge on any atom is 0.326 e. The van der Waals surface area contributed by atoms with Gasteiger partial charge >= 0.3 is 6.03 Å². The van der Waals surface area contributed by atoms with Crippen molar-refractivity contribution in [1.82, 2.24) is 0 Å². The molecule has 0 spiro atoms. The van der Waals surface area contributed by atoms with E-state index in [1.165, 1.54) is 5.56 Å². The summed E-state index contributed by atoms with van der Waals surface area (Å²) in [6, 6.07) is 13.6. The number of urea groups is 1. The number of benzene rings is 2. The van der Waals surface area contributed by atoms with E-state index in [-0.39, 0.29) is 12.1 Å². The topological polar surface area (TPSA) is 32.3 Å². The van der Waals surface area contributed by atoms with Gasteiger partial charge in [-0.15, -0.1) is 0 Å². The summed E-state index contributed by atoms with van der Waals surface area (Å²) in [5.74, 6) is 0. The van der Waals surface area contributed by atoms with Crippen molar-refractivity contribution in [3.05, 3.63) is 58.6 Å². The van der Waals surface area contributed by atoms with Crippen molar-refractivity contribution in [2.75, 3.05) is 10.2 Å². The van der Waals surface area contributed by atoms with Gasteiger partial charge in [-0.3, -0.25) is 4.90 Å². The number of para-hydroxylation sites is 1. The lowest BCUT2D eigenvalue weighted by atomic mass is 10.1. The summed E-state index contributed by atoms with van der Waals surface area (Å²) in [5, 5.41) is 3.65. The number of hydrogen-bond donors (Lipinski definition) is 1. The van der Waals surface area contributed by atoms with Crippen molar-refractivity contribution in [1.29, 1.82) is 0 Å². The van der Waals surface area contributed by atoms with Gasteiger partial charge in [0.05, 0.1) is 0 Å². The molecule has 0 radical (unpaired) electrons. The second-order valence-corrected chi connectivity index (χ2v) is 5.88. The lowest BCUT2D eigenvalue weighted by molar-refractivity contribution is 0.256. The highest BCUT2D eigenvalue weighted by Crippen LogP contribution is 2.32. The molecule has 21 heavy (non-hydrogen) atoms. The third-order valence-corrected chi connectivity index (χ3v) is 4.09. The van der Waals surface area contributed by atoms with Gasteiger partial charge in [-0.1, -0.05) is 29.8 Å². The number of carbonyl (C=O) groups excluding carboxylic acids is 1. The minimum Gasteiger partial charge on any atom is -0.307 e. The van der Waals surface area contributed by atoms with Gasteiger partial charge in [-0.2, -0.15) is 0 Å². The third kappa shape index (κ3) is 2.61. The molecule has 0 aliphatic carbocycles. The maximum atomic E-state index is 12.6. The molecule has 1 heterocycles. The molecule has 2 aromatic rings. The average molecular weight is 301 g/mol. The summed E-state index contributed by atoms with van der Waals surface area (Å²) < 4.78 is 0. The quantitative estimate of drug-likeness (QED) is 0.818. The highest BCUT2D eigenvalue weighted by atomic mass is 35.5. The predicted octanol–water partition coefficient (Wildman–Crippen LogP) is 4.63. The zero-order chi connectivity index (χ0) is 15.0. The fourth-order valence-electron chi connectivity index (χ4n) is 2.82. The minimum absolute atomic E-state index is 0.0992. The molecule has 0 fully saturated rings. The van der Waals surface area contributed by atoms with Gasteiger partial charge < -0.3 is 5.32 Å². The number of anilines is 2. The first-order valence-electron chi connectivity index (χ1n) is 7.00. The number of amides is 2. The molecule has 4 heteroatoms. The van der Waals surface area contributed by atoms with E-state index in [0.29, 0.717) is 5.02 Å². The van der Waals surface area contributed by atoms with Crippen molar-refractivity contribution >= 4 is 29.0 Å². The molecule has 0 saturated heterocycles. The van der Waals surface area contributed by atoms with Crippen LogP contribution in [0, 0.1) is 6.92 Å². The van der Waals surface area contributed by atoms with E-state index in [9.17, 15) is 4.79 Å². The highest BCUT2D eigenvalue weighted by molar-refractivity contribution is 6.30. The Morgan fingerprint density at radius 3 is 2.81 bits per heavy atom. The van der Waals surface area contributed by atoms with E-state index in [4.69, 9.17) is 11.6 Å². The first-order valence-corrected chi connectivity index (χ1v) is 7.38. The molecule has 0 bridgehead atoms. The standard InChI is InChI=1S/C17H17ClN2O/c1-11-9-14(18)7-8-15(11)19-17(21)20-12(2)10-13-5-3-4-6-16(13)20/h3-9,12H,10H2,1-2H3,(H,19,21). The number of nitrogens with zero attached hydrogens (tertiary/aromatic N) is 1. The molecular weight excluding hydrogens is 284 g/mol. The molecule has 0 aromatic heterocycles. The van der Waals surface area contributed by atoms with Crippen molar-refractivity contribution in [3.8, 4) is 0 Å². The Balaban J connectivity index is 1.86. The van der Waals surface area contributed by atoms with E-state index in [1.807, 2.05) is 42.2 Å². The van der Waals surface area contributed by atoms with Crippen LogP contribution in [0.4, 0.5) is 16.2 Å². The minimum atomic E-state index is -0.0992. The largest absolute Gasteiger partial charge is 0.326 e. The smallest absolute Gasteiger partial charge is 0.307 e. The molecule has 1 N–H and O–H groups in total. The van der Waals surface area contributed by atoms with Crippen LogP contribution in [0.2, 0.25) is 5.02 Å². The van der Waals surface area contributed by atoms with E-state index in [0.717, 1.165) is 23.4 Å². The van der Waals surface area contributed by atoms with Crippen molar-refractivity contribution in [3.63, 3.8) is 0 Å². The van der Waals surface area contributed by atoms with Crippen LogP contribution in [0.1, 0.15) is 18.1 Å². The van der Waals surface area contributed by atoms with Gasteiger partial charge in [0.2, 0.25) is 0 Å². The summed E-state index contributed by atoms with van der Waals surface area (Å²) in [6.07, 6.45) is 0.892. The monoisotopic (exact) mass is 300 g/mol. The summed E-state index contributed by atoms with van der Waals surface area (Å²) in [4.78, 5) is 14.4.